The van der Waals surface area contributed by atoms with Gasteiger partial charge in [0.25, 0.3) is 0 Å². The van der Waals surface area contributed by atoms with Gasteiger partial charge in [-0.05, 0) is 0 Å². The lowest BCUT2D eigenvalue weighted by atomic mass is 9.91. The summed E-state index contributed by atoms with van der Waals surface area (Å²) in [5, 5.41) is 0. The monoisotopic (exact) mass is 392 g/mol. The zero-order chi connectivity index (χ0) is 14.3. The van der Waals surface area contributed by atoms with Crippen molar-refractivity contribution in [3.8, 4) is 0 Å². The van der Waals surface area contributed by atoms with Gasteiger partial charge in [0.05, 0.1) is 31.8 Å². The van der Waals surface area contributed by atoms with Gasteiger partial charge in [-0.25, -0.2) is 0 Å². The standard InChI is InChI=1S/C9H10Cl6O4/c10-8(11,12)5-16-1-7(2-17-5)3-18-6(19-4-7)9(13,14)15/h5-6H,1-4H2. The Hall–Kier alpha value is 1.58. The molecule has 0 aromatic heterocycles. The van der Waals surface area contributed by atoms with Gasteiger partial charge in [0, 0.05) is 0 Å². The van der Waals surface area contributed by atoms with Crippen molar-refractivity contribution in [3.63, 3.8) is 0 Å². The molecule has 2 aliphatic rings. The summed E-state index contributed by atoms with van der Waals surface area (Å²) in [5.74, 6) is 0. The van der Waals surface area contributed by atoms with E-state index in [0.29, 0.717) is 0 Å². The smallest absolute Gasteiger partial charge is 0.240 e. The van der Waals surface area contributed by atoms with Crippen LogP contribution in [-0.4, -0.2) is 46.6 Å². The molecule has 0 aromatic carbocycles. The SMILES string of the molecule is ClC(Cl)(Cl)C1OCC2(CO1)COC(C(Cl)(Cl)Cl)OC2. The minimum atomic E-state index is -1.64. The summed E-state index contributed by atoms with van der Waals surface area (Å²) >= 11 is 34.1. The van der Waals surface area contributed by atoms with Crippen LogP contribution in [0.5, 0.6) is 0 Å². The topological polar surface area (TPSA) is 36.9 Å². The van der Waals surface area contributed by atoms with E-state index in [4.69, 9.17) is 88.6 Å². The fourth-order valence-electron chi connectivity index (χ4n) is 1.73. The van der Waals surface area contributed by atoms with Crippen LogP contribution in [-0.2, 0) is 18.9 Å². The largest absolute Gasteiger partial charge is 0.348 e. The Bertz CT molecular complexity index is 276. The van der Waals surface area contributed by atoms with Gasteiger partial charge in [-0.1, -0.05) is 69.6 Å². The minimum absolute atomic E-state index is 0.262. The van der Waals surface area contributed by atoms with Crippen LogP contribution in [0.1, 0.15) is 0 Å². The van der Waals surface area contributed by atoms with E-state index in [1.807, 2.05) is 0 Å². The summed E-state index contributed by atoms with van der Waals surface area (Å²) in [5.41, 5.74) is -0.487. The highest BCUT2D eigenvalue weighted by Crippen LogP contribution is 2.41. The lowest BCUT2D eigenvalue weighted by molar-refractivity contribution is -0.300. The van der Waals surface area contributed by atoms with Crippen molar-refractivity contribution in [2.45, 2.75) is 20.2 Å². The maximum absolute atomic E-state index is 5.69. The van der Waals surface area contributed by atoms with Gasteiger partial charge in [0.1, 0.15) is 0 Å². The first-order chi connectivity index (χ1) is 8.62. The molecule has 2 heterocycles. The van der Waals surface area contributed by atoms with Gasteiger partial charge < -0.3 is 18.9 Å². The fraction of sp³-hybridized carbons (Fsp3) is 1.00. The van der Waals surface area contributed by atoms with Crippen molar-refractivity contribution < 1.29 is 18.9 Å². The molecular weight excluding hydrogens is 385 g/mol. The van der Waals surface area contributed by atoms with E-state index in [1.54, 1.807) is 0 Å². The first kappa shape index (κ1) is 16.9. The number of hydrogen-bond donors (Lipinski definition) is 0. The molecule has 19 heavy (non-hydrogen) atoms. The molecule has 2 rings (SSSR count). The predicted molar refractivity (Wildman–Crippen MR) is 74.4 cm³/mol. The lowest BCUT2D eigenvalue weighted by Gasteiger charge is -2.45. The Morgan fingerprint density at radius 1 is 0.632 bits per heavy atom. The second-order valence-corrected chi connectivity index (χ2v) is 9.23. The Balaban J connectivity index is 1.88. The second kappa shape index (κ2) is 5.99. The third-order valence-corrected chi connectivity index (χ3v) is 3.77. The molecule has 0 amide bonds. The van der Waals surface area contributed by atoms with Gasteiger partial charge >= 0.3 is 0 Å². The van der Waals surface area contributed by atoms with Crippen LogP contribution in [0, 0.1) is 5.41 Å². The molecule has 10 heteroatoms. The van der Waals surface area contributed by atoms with Crippen molar-refractivity contribution >= 4 is 69.6 Å². The molecule has 0 aliphatic carbocycles. The lowest BCUT2D eigenvalue weighted by Crippen LogP contribution is -2.55. The molecule has 0 saturated carbocycles. The van der Waals surface area contributed by atoms with E-state index < -0.39 is 25.6 Å². The molecule has 2 fully saturated rings. The summed E-state index contributed by atoms with van der Waals surface area (Å²) in [7, 11) is 0. The summed E-state index contributed by atoms with van der Waals surface area (Å²) in [4.78, 5) is 0. The molecule has 0 radical (unpaired) electrons. The Morgan fingerprint density at radius 2 is 0.895 bits per heavy atom. The fourth-order valence-corrected chi connectivity index (χ4v) is 2.49. The van der Waals surface area contributed by atoms with Crippen molar-refractivity contribution in [1.29, 1.82) is 0 Å². The zero-order valence-corrected chi connectivity index (χ0v) is 13.9. The maximum atomic E-state index is 5.69. The third kappa shape index (κ3) is 4.28. The molecular formula is C9H10Cl6O4. The van der Waals surface area contributed by atoms with Crippen LogP contribution in [0.2, 0.25) is 0 Å². The third-order valence-electron chi connectivity index (χ3n) is 2.70. The predicted octanol–water partition coefficient (Wildman–Crippen LogP) is 3.46. The molecule has 2 aliphatic heterocycles. The summed E-state index contributed by atoms with van der Waals surface area (Å²) in [6.45, 7) is 1.05. The van der Waals surface area contributed by atoms with Crippen LogP contribution in [0.15, 0.2) is 0 Å². The average molecular weight is 395 g/mol. The highest BCUT2D eigenvalue weighted by atomic mass is 35.6. The first-order valence-corrected chi connectivity index (χ1v) is 7.49. The minimum Gasteiger partial charge on any atom is -0.348 e. The van der Waals surface area contributed by atoms with E-state index in [-0.39, 0.29) is 26.4 Å². The number of alkyl halides is 6. The molecule has 0 aromatic rings. The van der Waals surface area contributed by atoms with Crippen LogP contribution in [0.3, 0.4) is 0 Å². The zero-order valence-electron chi connectivity index (χ0n) is 9.38. The molecule has 112 valence electrons. The molecule has 0 unspecified atom stereocenters. The van der Waals surface area contributed by atoms with E-state index in [9.17, 15) is 0 Å². The Kier molecular flexibility index (Phi) is 5.35. The van der Waals surface area contributed by atoms with Gasteiger partial charge in [-0.3, -0.25) is 0 Å². The highest BCUT2D eigenvalue weighted by Gasteiger charge is 2.49. The van der Waals surface area contributed by atoms with Gasteiger partial charge in [0.15, 0.2) is 0 Å². The van der Waals surface area contributed by atoms with E-state index in [1.165, 1.54) is 0 Å². The molecule has 2 saturated heterocycles. The Labute approximate surface area is 140 Å². The molecule has 4 nitrogen and oxygen atoms in total. The normalized spacial score (nSPS) is 37.6. The van der Waals surface area contributed by atoms with Crippen molar-refractivity contribution in [1.82, 2.24) is 0 Å². The summed E-state index contributed by atoms with van der Waals surface area (Å²) < 4.78 is 18.2. The first-order valence-electron chi connectivity index (χ1n) is 5.22. The highest BCUT2D eigenvalue weighted by molar-refractivity contribution is 6.68. The molecule has 0 bridgehead atoms. The van der Waals surface area contributed by atoms with Crippen molar-refractivity contribution in [2.75, 3.05) is 26.4 Å². The van der Waals surface area contributed by atoms with Crippen molar-refractivity contribution in [2.24, 2.45) is 5.41 Å². The number of halogens is 6. The van der Waals surface area contributed by atoms with Crippen molar-refractivity contribution in [3.05, 3.63) is 0 Å². The van der Waals surface area contributed by atoms with Gasteiger partial charge in [0.2, 0.25) is 20.2 Å². The van der Waals surface area contributed by atoms with Crippen LogP contribution >= 0.6 is 69.6 Å². The summed E-state index contributed by atoms with van der Waals surface area (Å²) in [6, 6.07) is 0. The van der Waals surface area contributed by atoms with Crippen LogP contribution < -0.4 is 0 Å². The Morgan fingerprint density at radius 3 is 1.11 bits per heavy atom. The van der Waals surface area contributed by atoms with E-state index in [0.717, 1.165) is 0 Å². The van der Waals surface area contributed by atoms with E-state index >= 15 is 0 Å². The van der Waals surface area contributed by atoms with Crippen LogP contribution in [0.4, 0.5) is 0 Å². The maximum Gasteiger partial charge on any atom is 0.240 e. The second-order valence-electron chi connectivity index (χ2n) is 4.49. The van der Waals surface area contributed by atoms with Crippen LogP contribution in [0.25, 0.3) is 0 Å². The van der Waals surface area contributed by atoms with E-state index in [2.05, 4.69) is 0 Å². The van der Waals surface area contributed by atoms with Gasteiger partial charge in [-0.2, -0.15) is 0 Å². The molecule has 0 N–H and O–H groups in total. The number of hydrogen-bond acceptors (Lipinski definition) is 4. The summed E-state index contributed by atoms with van der Waals surface area (Å²) in [6.07, 6.45) is -1.84. The molecule has 1 spiro atoms. The number of rotatable bonds is 0. The van der Waals surface area contributed by atoms with Gasteiger partial charge in [-0.15, -0.1) is 0 Å². The quantitative estimate of drug-likeness (QED) is 0.590. The molecule has 0 atom stereocenters. The average Bonchev–Trinajstić information content (AvgIpc) is 2.27. The number of ether oxygens (including phenoxy) is 4.